The molecule has 0 spiro atoms. The van der Waals surface area contributed by atoms with E-state index in [9.17, 15) is 14.4 Å². The van der Waals surface area contributed by atoms with E-state index in [1.165, 1.54) is 12.8 Å². The van der Waals surface area contributed by atoms with E-state index in [1.54, 1.807) is 19.1 Å². The first-order valence-corrected chi connectivity index (χ1v) is 10.9. The number of benzene rings is 1. The van der Waals surface area contributed by atoms with Gasteiger partial charge in [0.25, 0.3) is 5.91 Å². The van der Waals surface area contributed by atoms with Crippen LogP contribution in [0.15, 0.2) is 24.3 Å². The summed E-state index contributed by atoms with van der Waals surface area (Å²) in [6, 6.07) is 6.10. The number of Topliss-reactive ketones (excluding diaryl/α,β-unsaturated/α-hetero) is 1. The third-order valence-corrected chi connectivity index (χ3v) is 6.35. The van der Waals surface area contributed by atoms with Crippen LogP contribution in [0.3, 0.4) is 0 Å². The van der Waals surface area contributed by atoms with Crippen LogP contribution >= 0.6 is 0 Å². The summed E-state index contributed by atoms with van der Waals surface area (Å²) < 4.78 is 5.31. The van der Waals surface area contributed by atoms with E-state index >= 15 is 0 Å². The Morgan fingerprint density at radius 2 is 1.73 bits per heavy atom. The standard InChI is InChI=1S/C23H33N3O4/c1-14(2)15(3)20(23(29)25-21-16(4)30-13-19(21)27)24-22(28)17-7-9-18(10-8-17)26-11-5-6-12-26/h7-10,14-16,20-21H,5-6,11-13H2,1-4H3,(H,24,28)(H,25,29)/t15-,16+,20-,21+/m0/s1. The molecule has 2 fully saturated rings. The molecule has 164 valence electrons. The molecular formula is C23H33N3O4. The molecule has 1 aromatic rings. The normalized spacial score (nSPS) is 23.5. The fourth-order valence-electron chi connectivity index (χ4n) is 3.95. The first-order chi connectivity index (χ1) is 14.3. The lowest BCUT2D eigenvalue weighted by atomic mass is 9.89. The van der Waals surface area contributed by atoms with Crippen LogP contribution in [0.1, 0.15) is 50.9 Å². The Balaban J connectivity index is 1.70. The van der Waals surface area contributed by atoms with Crippen molar-refractivity contribution in [2.75, 3.05) is 24.6 Å². The van der Waals surface area contributed by atoms with E-state index in [-0.39, 0.29) is 42.1 Å². The van der Waals surface area contributed by atoms with Crippen molar-refractivity contribution in [2.45, 2.75) is 58.7 Å². The fourth-order valence-corrected chi connectivity index (χ4v) is 3.95. The van der Waals surface area contributed by atoms with Crippen LogP contribution in [0.5, 0.6) is 0 Å². The number of anilines is 1. The molecule has 0 unspecified atom stereocenters. The maximum Gasteiger partial charge on any atom is 0.251 e. The smallest absolute Gasteiger partial charge is 0.251 e. The number of amides is 2. The van der Waals surface area contributed by atoms with Gasteiger partial charge < -0.3 is 20.3 Å². The van der Waals surface area contributed by atoms with Gasteiger partial charge in [0.1, 0.15) is 18.7 Å². The molecule has 0 saturated carbocycles. The van der Waals surface area contributed by atoms with Crippen LogP contribution in [0.2, 0.25) is 0 Å². The maximum atomic E-state index is 13.0. The summed E-state index contributed by atoms with van der Waals surface area (Å²) in [5.74, 6) is -0.723. The maximum absolute atomic E-state index is 13.0. The number of nitrogens with zero attached hydrogens (tertiary/aromatic N) is 1. The van der Waals surface area contributed by atoms with Crippen LogP contribution in [0.25, 0.3) is 0 Å². The van der Waals surface area contributed by atoms with Crippen molar-refractivity contribution in [3.63, 3.8) is 0 Å². The molecule has 2 saturated heterocycles. The van der Waals surface area contributed by atoms with Crippen LogP contribution in [0, 0.1) is 11.8 Å². The number of hydrogen-bond acceptors (Lipinski definition) is 5. The number of ether oxygens (including phenoxy) is 1. The minimum absolute atomic E-state index is 0.00619. The number of carbonyl (C=O) groups excluding carboxylic acids is 3. The summed E-state index contributed by atoms with van der Waals surface area (Å²) in [6.07, 6.45) is 2.02. The fraction of sp³-hybridized carbons (Fsp3) is 0.609. The molecule has 3 rings (SSSR count). The van der Waals surface area contributed by atoms with Crippen LogP contribution in [-0.4, -0.2) is 55.5 Å². The van der Waals surface area contributed by atoms with E-state index < -0.39 is 12.1 Å². The highest BCUT2D eigenvalue weighted by molar-refractivity contribution is 5.99. The summed E-state index contributed by atoms with van der Waals surface area (Å²) in [6.45, 7) is 9.80. The predicted octanol–water partition coefficient (Wildman–Crippen LogP) is 2.15. The summed E-state index contributed by atoms with van der Waals surface area (Å²) in [4.78, 5) is 40.2. The van der Waals surface area contributed by atoms with Gasteiger partial charge in [0.2, 0.25) is 5.91 Å². The van der Waals surface area contributed by atoms with Crippen molar-refractivity contribution in [1.82, 2.24) is 10.6 Å². The third-order valence-electron chi connectivity index (χ3n) is 6.35. The van der Waals surface area contributed by atoms with Gasteiger partial charge in [0, 0.05) is 24.3 Å². The number of rotatable bonds is 7. The lowest BCUT2D eigenvalue weighted by Crippen LogP contribution is -2.55. The summed E-state index contributed by atoms with van der Waals surface area (Å²) in [5, 5.41) is 5.67. The Morgan fingerprint density at radius 1 is 1.10 bits per heavy atom. The average Bonchev–Trinajstić information content (AvgIpc) is 3.37. The summed E-state index contributed by atoms with van der Waals surface area (Å²) in [5.41, 5.74) is 1.63. The third kappa shape index (κ3) is 5.01. The van der Waals surface area contributed by atoms with Gasteiger partial charge in [-0.3, -0.25) is 14.4 Å². The van der Waals surface area contributed by atoms with Crippen molar-refractivity contribution in [3.05, 3.63) is 29.8 Å². The average molecular weight is 416 g/mol. The van der Waals surface area contributed by atoms with Gasteiger partial charge in [-0.05, 0) is 55.9 Å². The molecule has 7 heteroatoms. The predicted molar refractivity (Wildman–Crippen MR) is 115 cm³/mol. The molecule has 2 amide bonds. The quantitative estimate of drug-likeness (QED) is 0.713. The van der Waals surface area contributed by atoms with E-state index in [0.717, 1.165) is 18.8 Å². The number of nitrogens with one attached hydrogen (secondary N) is 2. The second-order valence-electron chi connectivity index (χ2n) is 8.76. The highest BCUT2D eigenvalue weighted by Crippen LogP contribution is 2.21. The molecule has 0 radical (unpaired) electrons. The molecule has 30 heavy (non-hydrogen) atoms. The van der Waals surface area contributed by atoms with Gasteiger partial charge in [-0.15, -0.1) is 0 Å². The van der Waals surface area contributed by atoms with Crippen molar-refractivity contribution in [1.29, 1.82) is 0 Å². The molecule has 0 aliphatic carbocycles. The first kappa shape index (κ1) is 22.3. The van der Waals surface area contributed by atoms with Gasteiger partial charge in [0.05, 0.1) is 6.10 Å². The SMILES string of the molecule is CC(C)[C@H](C)[C@H](NC(=O)c1ccc(N2CCCC2)cc1)C(=O)N[C@H]1C(=O)CO[C@@H]1C. The molecule has 2 aliphatic heterocycles. The first-order valence-electron chi connectivity index (χ1n) is 10.9. The summed E-state index contributed by atoms with van der Waals surface area (Å²) in [7, 11) is 0. The van der Waals surface area contributed by atoms with E-state index in [4.69, 9.17) is 4.74 Å². The Bertz CT molecular complexity index is 771. The van der Waals surface area contributed by atoms with Gasteiger partial charge in [-0.2, -0.15) is 0 Å². The molecule has 2 N–H and O–H groups in total. The zero-order valence-electron chi connectivity index (χ0n) is 18.3. The molecule has 2 aliphatic rings. The van der Waals surface area contributed by atoms with Crippen LogP contribution in [-0.2, 0) is 14.3 Å². The monoisotopic (exact) mass is 415 g/mol. The second-order valence-corrected chi connectivity index (χ2v) is 8.76. The van der Waals surface area contributed by atoms with Crippen molar-refractivity contribution >= 4 is 23.3 Å². The molecule has 4 atom stereocenters. The Kier molecular flexibility index (Phi) is 7.13. The second kappa shape index (κ2) is 9.60. The largest absolute Gasteiger partial charge is 0.372 e. The zero-order valence-corrected chi connectivity index (χ0v) is 18.3. The highest BCUT2D eigenvalue weighted by atomic mass is 16.5. The molecule has 0 bridgehead atoms. The van der Waals surface area contributed by atoms with E-state index in [1.807, 2.05) is 32.9 Å². The topological polar surface area (TPSA) is 87.7 Å². The van der Waals surface area contributed by atoms with Gasteiger partial charge in [0.15, 0.2) is 5.78 Å². The van der Waals surface area contributed by atoms with E-state index in [0.29, 0.717) is 5.56 Å². The number of ketones is 1. The molecule has 7 nitrogen and oxygen atoms in total. The van der Waals surface area contributed by atoms with Crippen molar-refractivity contribution < 1.29 is 19.1 Å². The van der Waals surface area contributed by atoms with Crippen LogP contribution in [0.4, 0.5) is 5.69 Å². The highest BCUT2D eigenvalue weighted by Gasteiger charge is 2.37. The molecule has 0 aromatic heterocycles. The lowest BCUT2D eigenvalue weighted by molar-refractivity contribution is -0.128. The Labute approximate surface area is 178 Å². The number of hydrogen-bond donors (Lipinski definition) is 2. The van der Waals surface area contributed by atoms with Gasteiger partial charge >= 0.3 is 0 Å². The molecular weight excluding hydrogens is 382 g/mol. The van der Waals surface area contributed by atoms with Gasteiger partial charge in [-0.1, -0.05) is 20.8 Å². The van der Waals surface area contributed by atoms with Crippen LogP contribution < -0.4 is 15.5 Å². The van der Waals surface area contributed by atoms with Crippen molar-refractivity contribution in [2.24, 2.45) is 11.8 Å². The lowest BCUT2D eigenvalue weighted by Gasteiger charge is -2.28. The number of carbonyl (C=O) groups is 3. The van der Waals surface area contributed by atoms with Gasteiger partial charge in [-0.25, -0.2) is 0 Å². The zero-order chi connectivity index (χ0) is 21.8. The Hall–Kier alpha value is -2.41. The minimum Gasteiger partial charge on any atom is -0.372 e. The Morgan fingerprint density at radius 3 is 2.27 bits per heavy atom. The van der Waals surface area contributed by atoms with Crippen molar-refractivity contribution in [3.8, 4) is 0 Å². The minimum atomic E-state index is -0.739. The molecule has 1 aromatic carbocycles. The van der Waals surface area contributed by atoms with E-state index in [2.05, 4.69) is 15.5 Å². The molecule has 2 heterocycles. The summed E-state index contributed by atoms with van der Waals surface area (Å²) >= 11 is 0.